The first kappa shape index (κ1) is 13.5. The summed E-state index contributed by atoms with van der Waals surface area (Å²) in [7, 11) is 1.77. The van der Waals surface area contributed by atoms with Crippen molar-refractivity contribution < 1.29 is 9.13 Å². The molecule has 0 aliphatic rings. The van der Waals surface area contributed by atoms with Gasteiger partial charge >= 0.3 is 0 Å². The van der Waals surface area contributed by atoms with Crippen LogP contribution in [0.15, 0.2) is 36.5 Å². The molecule has 0 spiro atoms. The molecule has 3 nitrogen and oxygen atoms in total. The number of nitrogens with one attached hydrogen (secondary N) is 1. The van der Waals surface area contributed by atoms with Crippen LogP contribution in [0, 0.1) is 5.82 Å². The number of pyridine rings is 1. The second kappa shape index (κ2) is 6.29. The first-order valence-corrected chi connectivity index (χ1v) is 6.29. The highest BCUT2D eigenvalue weighted by molar-refractivity contribution is 5.32. The second-order valence-electron chi connectivity index (χ2n) is 4.22. The van der Waals surface area contributed by atoms with Crippen molar-refractivity contribution in [3.05, 3.63) is 53.5 Å². The lowest BCUT2D eigenvalue weighted by Crippen LogP contribution is -2.08. The Balaban J connectivity index is 2.20. The van der Waals surface area contributed by atoms with Crippen LogP contribution in [0.3, 0.4) is 0 Å². The van der Waals surface area contributed by atoms with E-state index in [1.165, 1.54) is 5.56 Å². The first-order chi connectivity index (χ1) is 9.24. The van der Waals surface area contributed by atoms with Gasteiger partial charge in [-0.25, -0.2) is 9.37 Å². The SMILES string of the molecule is CCc1ccc(Oc2nccc(CNC)c2F)cc1. The van der Waals surface area contributed by atoms with E-state index in [0.717, 1.165) is 6.42 Å². The zero-order chi connectivity index (χ0) is 13.7. The lowest BCUT2D eigenvalue weighted by Gasteiger charge is -2.09. The van der Waals surface area contributed by atoms with E-state index in [4.69, 9.17) is 4.74 Å². The molecule has 4 heteroatoms. The molecule has 1 aromatic carbocycles. The van der Waals surface area contributed by atoms with Gasteiger partial charge in [-0.15, -0.1) is 0 Å². The molecule has 100 valence electrons. The van der Waals surface area contributed by atoms with Gasteiger partial charge in [0.2, 0.25) is 0 Å². The zero-order valence-corrected chi connectivity index (χ0v) is 11.1. The van der Waals surface area contributed by atoms with Gasteiger partial charge in [-0.3, -0.25) is 0 Å². The van der Waals surface area contributed by atoms with Crippen molar-refractivity contribution in [3.63, 3.8) is 0 Å². The van der Waals surface area contributed by atoms with E-state index in [-0.39, 0.29) is 5.88 Å². The lowest BCUT2D eigenvalue weighted by atomic mass is 10.2. The number of halogens is 1. The number of nitrogens with zero attached hydrogens (tertiary/aromatic N) is 1. The summed E-state index contributed by atoms with van der Waals surface area (Å²) in [5.74, 6) is 0.179. The molecule has 0 aliphatic heterocycles. The van der Waals surface area contributed by atoms with Crippen molar-refractivity contribution in [3.8, 4) is 11.6 Å². The summed E-state index contributed by atoms with van der Waals surface area (Å²) in [5.41, 5.74) is 1.75. The Hall–Kier alpha value is -1.94. The van der Waals surface area contributed by atoms with Crippen LogP contribution in [0.2, 0.25) is 0 Å². The van der Waals surface area contributed by atoms with Crippen LogP contribution in [0.4, 0.5) is 4.39 Å². The average molecular weight is 260 g/mol. The van der Waals surface area contributed by atoms with E-state index in [1.54, 1.807) is 19.3 Å². The monoisotopic (exact) mass is 260 g/mol. The van der Waals surface area contributed by atoms with Gasteiger partial charge in [-0.2, -0.15) is 0 Å². The number of ether oxygens (including phenoxy) is 1. The minimum absolute atomic E-state index is 0.0111. The summed E-state index contributed by atoms with van der Waals surface area (Å²) >= 11 is 0. The summed E-state index contributed by atoms with van der Waals surface area (Å²) in [4.78, 5) is 3.93. The molecule has 1 aromatic heterocycles. The van der Waals surface area contributed by atoms with Crippen LogP contribution >= 0.6 is 0 Å². The van der Waals surface area contributed by atoms with Gasteiger partial charge in [0.05, 0.1) is 0 Å². The molecule has 0 radical (unpaired) electrons. The predicted molar refractivity (Wildman–Crippen MR) is 72.9 cm³/mol. The van der Waals surface area contributed by atoms with Crippen LogP contribution in [-0.4, -0.2) is 12.0 Å². The number of benzene rings is 1. The Kier molecular flexibility index (Phi) is 4.47. The standard InChI is InChI=1S/C15H17FN2O/c1-3-11-4-6-13(7-5-11)19-15-14(16)12(10-17-2)8-9-18-15/h4-9,17H,3,10H2,1-2H3. The fraction of sp³-hybridized carbons (Fsp3) is 0.267. The molecule has 0 atom stereocenters. The van der Waals surface area contributed by atoms with E-state index in [1.807, 2.05) is 24.3 Å². The molecular weight excluding hydrogens is 243 g/mol. The Labute approximate surface area is 112 Å². The fourth-order valence-electron chi connectivity index (χ4n) is 1.77. The Morgan fingerprint density at radius 3 is 2.58 bits per heavy atom. The van der Waals surface area contributed by atoms with Crippen molar-refractivity contribution >= 4 is 0 Å². The predicted octanol–water partition coefficient (Wildman–Crippen LogP) is 3.29. The van der Waals surface area contributed by atoms with E-state index in [0.29, 0.717) is 17.9 Å². The number of rotatable bonds is 5. The normalized spacial score (nSPS) is 10.5. The molecular formula is C15H17FN2O. The first-order valence-electron chi connectivity index (χ1n) is 6.29. The third-order valence-corrected chi connectivity index (χ3v) is 2.85. The van der Waals surface area contributed by atoms with Gasteiger partial charge in [0.1, 0.15) is 5.75 Å². The summed E-state index contributed by atoms with van der Waals surface area (Å²) in [6, 6.07) is 9.21. The van der Waals surface area contributed by atoms with E-state index >= 15 is 0 Å². The third-order valence-electron chi connectivity index (χ3n) is 2.85. The van der Waals surface area contributed by atoms with Crippen molar-refractivity contribution in [2.24, 2.45) is 0 Å². The van der Waals surface area contributed by atoms with Crippen molar-refractivity contribution in [2.75, 3.05) is 7.05 Å². The van der Waals surface area contributed by atoms with Crippen LogP contribution in [0.25, 0.3) is 0 Å². The molecule has 0 saturated carbocycles. The van der Waals surface area contributed by atoms with Gasteiger partial charge in [-0.1, -0.05) is 19.1 Å². The van der Waals surface area contributed by atoms with Crippen molar-refractivity contribution in [1.82, 2.24) is 10.3 Å². The highest BCUT2D eigenvalue weighted by Crippen LogP contribution is 2.24. The van der Waals surface area contributed by atoms with E-state index in [9.17, 15) is 4.39 Å². The fourth-order valence-corrected chi connectivity index (χ4v) is 1.77. The third kappa shape index (κ3) is 3.29. The molecule has 0 aliphatic carbocycles. The van der Waals surface area contributed by atoms with Crippen molar-refractivity contribution in [1.29, 1.82) is 0 Å². The molecule has 0 fully saturated rings. The van der Waals surface area contributed by atoms with Gasteiger partial charge in [-0.05, 0) is 37.2 Å². The number of aromatic nitrogens is 1. The average Bonchev–Trinajstić information content (AvgIpc) is 2.44. The van der Waals surface area contributed by atoms with Crippen LogP contribution in [0.5, 0.6) is 11.6 Å². The molecule has 0 unspecified atom stereocenters. The quantitative estimate of drug-likeness (QED) is 0.895. The smallest absolute Gasteiger partial charge is 0.256 e. The molecule has 0 saturated heterocycles. The lowest BCUT2D eigenvalue weighted by molar-refractivity contribution is 0.418. The Morgan fingerprint density at radius 2 is 1.95 bits per heavy atom. The van der Waals surface area contributed by atoms with Crippen molar-refractivity contribution in [2.45, 2.75) is 19.9 Å². The largest absolute Gasteiger partial charge is 0.436 e. The summed E-state index contributed by atoms with van der Waals surface area (Å²) in [6.07, 6.45) is 2.51. The highest BCUT2D eigenvalue weighted by Gasteiger charge is 2.11. The molecule has 2 rings (SSSR count). The van der Waals surface area contributed by atoms with Crippen LogP contribution < -0.4 is 10.1 Å². The number of hydrogen-bond acceptors (Lipinski definition) is 3. The highest BCUT2D eigenvalue weighted by atomic mass is 19.1. The maximum atomic E-state index is 14.1. The zero-order valence-electron chi connectivity index (χ0n) is 11.1. The Bertz CT molecular complexity index is 540. The summed E-state index contributed by atoms with van der Waals surface area (Å²) in [5, 5.41) is 2.91. The molecule has 0 bridgehead atoms. The minimum Gasteiger partial charge on any atom is -0.436 e. The maximum Gasteiger partial charge on any atom is 0.256 e. The Morgan fingerprint density at radius 1 is 1.21 bits per heavy atom. The summed E-state index contributed by atoms with van der Waals surface area (Å²) < 4.78 is 19.5. The molecule has 0 amide bonds. The minimum atomic E-state index is -0.420. The second-order valence-corrected chi connectivity index (χ2v) is 4.22. The summed E-state index contributed by atoms with van der Waals surface area (Å²) in [6.45, 7) is 2.53. The number of hydrogen-bond donors (Lipinski definition) is 1. The van der Waals surface area contributed by atoms with E-state index < -0.39 is 5.82 Å². The van der Waals surface area contributed by atoms with Gasteiger partial charge in [0.15, 0.2) is 5.82 Å². The molecule has 2 aromatic rings. The van der Waals surface area contributed by atoms with Gasteiger partial charge < -0.3 is 10.1 Å². The van der Waals surface area contributed by atoms with Gasteiger partial charge in [0.25, 0.3) is 5.88 Å². The molecule has 1 N–H and O–H groups in total. The molecule has 1 heterocycles. The maximum absolute atomic E-state index is 14.1. The van der Waals surface area contributed by atoms with E-state index in [2.05, 4.69) is 17.2 Å². The topological polar surface area (TPSA) is 34.1 Å². The molecule has 19 heavy (non-hydrogen) atoms. The van der Waals surface area contributed by atoms with Crippen LogP contribution in [-0.2, 0) is 13.0 Å². The van der Waals surface area contributed by atoms with Crippen LogP contribution in [0.1, 0.15) is 18.1 Å². The van der Waals surface area contributed by atoms with Gasteiger partial charge in [0, 0.05) is 18.3 Å². The number of aryl methyl sites for hydroxylation is 1.